The van der Waals surface area contributed by atoms with E-state index in [2.05, 4.69) is 16.0 Å². The Morgan fingerprint density at radius 1 is 0.897 bits per heavy atom. The van der Waals surface area contributed by atoms with E-state index >= 15 is 0 Å². The predicted molar refractivity (Wildman–Crippen MR) is 115 cm³/mol. The van der Waals surface area contributed by atoms with Crippen molar-refractivity contribution in [2.24, 2.45) is 11.3 Å². The van der Waals surface area contributed by atoms with Gasteiger partial charge in [0.1, 0.15) is 0 Å². The SMILES string of the molecule is Cc1ccc(NC(=O)C2CC2)cc1NC(=O)c1cccc(NC(=O)C(C)(C)C)c1. The van der Waals surface area contributed by atoms with Crippen LogP contribution in [-0.2, 0) is 9.59 Å². The standard InChI is InChI=1S/C23H27N3O3/c1-14-8-11-18(24-20(27)15-9-10-15)13-19(14)26-21(28)16-6-5-7-17(12-16)25-22(29)23(2,3)4/h5-8,11-13,15H,9-10H2,1-4H3,(H,24,27)(H,25,29)(H,26,28). The van der Waals surface area contributed by atoms with Gasteiger partial charge in [0.15, 0.2) is 0 Å². The minimum atomic E-state index is -0.527. The number of amides is 3. The van der Waals surface area contributed by atoms with Gasteiger partial charge in [0.05, 0.1) is 0 Å². The number of carbonyl (C=O) groups is 3. The van der Waals surface area contributed by atoms with Crippen LogP contribution in [0.2, 0.25) is 0 Å². The molecule has 3 N–H and O–H groups in total. The molecule has 0 atom stereocenters. The normalized spacial score (nSPS) is 13.5. The first-order valence-corrected chi connectivity index (χ1v) is 9.78. The summed E-state index contributed by atoms with van der Waals surface area (Å²) in [5.74, 6) is -0.274. The van der Waals surface area contributed by atoms with Crippen molar-refractivity contribution in [1.29, 1.82) is 0 Å². The zero-order valence-corrected chi connectivity index (χ0v) is 17.3. The first-order valence-electron chi connectivity index (χ1n) is 9.78. The molecule has 1 fully saturated rings. The van der Waals surface area contributed by atoms with E-state index in [1.54, 1.807) is 30.3 Å². The maximum atomic E-state index is 12.7. The molecule has 3 amide bonds. The van der Waals surface area contributed by atoms with Crippen molar-refractivity contribution >= 4 is 34.8 Å². The Hall–Kier alpha value is -3.15. The molecule has 0 unspecified atom stereocenters. The third-order valence-electron chi connectivity index (χ3n) is 4.77. The largest absolute Gasteiger partial charge is 0.326 e. The lowest BCUT2D eigenvalue weighted by molar-refractivity contribution is -0.123. The topological polar surface area (TPSA) is 87.3 Å². The summed E-state index contributed by atoms with van der Waals surface area (Å²) in [7, 11) is 0. The number of rotatable bonds is 5. The Labute approximate surface area is 171 Å². The monoisotopic (exact) mass is 393 g/mol. The van der Waals surface area contributed by atoms with Gasteiger partial charge in [0.2, 0.25) is 11.8 Å². The highest BCUT2D eigenvalue weighted by atomic mass is 16.2. The van der Waals surface area contributed by atoms with Crippen LogP contribution in [0.25, 0.3) is 0 Å². The fourth-order valence-electron chi connectivity index (χ4n) is 2.68. The number of anilines is 3. The van der Waals surface area contributed by atoms with Gasteiger partial charge in [-0.15, -0.1) is 0 Å². The number of carbonyl (C=O) groups excluding carboxylic acids is 3. The molecule has 29 heavy (non-hydrogen) atoms. The van der Waals surface area contributed by atoms with Gasteiger partial charge >= 0.3 is 0 Å². The Morgan fingerprint density at radius 2 is 1.59 bits per heavy atom. The molecule has 6 nitrogen and oxygen atoms in total. The molecule has 2 aromatic rings. The smallest absolute Gasteiger partial charge is 0.255 e. The fraction of sp³-hybridized carbons (Fsp3) is 0.348. The Bertz CT molecular complexity index is 956. The highest BCUT2D eigenvalue weighted by molar-refractivity contribution is 6.06. The van der Waals surface area contributed by atoms with Crippen LogP contribution < -0.4 is 16.0 Å². The first-order chi connectivity index (χ1) is 13.6. The van der Waals surface area contributed by atoms with E-state index in [0.29, 0.717) is 22.6 Å². The molecule has 0 heterocycles. The molecule has 0 spiro atoms. The lowest BCUT2D eigenvalue weighted by atomic mass is 9.95. The molecule has 1 saturated carbocycles. The van der Waals surface area contributed by atoms with Crippen LogP contribution in [0.1, 0.15) is 49.5 Å². The van der Waals surface area contributed by atoms with Gasteiger partial charge < -0.3 is 16.0 Å². The van der Waals surface area contributed by atoms with Gasteiger partial charge in [-0.25, -0.2) is 0 Å². The van der Waals surface area contributed by atoms with E-state index in [1.165, 1.54) is 0 Å². The molecular weight excluding hydrogens is 366 g/mol. The summed E-state index contributed by atoms with van der Waals surface area (Å²) >= 11 is 0. The number of aryl methyl sites for hydroxylation is 1. The molecule has 6 heteroatoms. The zero-order chi connectivity index (χ0) is 21.2. The second-order valence-electron chi connectivity index (χ2n) is 8.53. The minimum Gasteiger partial charge on any atom is -0.326 e. The second kappa shape index (κ2) is 8.07. The van der Waals surface area contributed by atoms with E-state index in [4.69, 9.17) is 0 Å². The van der Waals surface area contributed by atoms with E-state index in [9.17, 15) is 14.4 Å². The van der Waals surface area contributed by atoms with Crippen molar-refractivity contribution in [2.75, 3.05) is 16.0 Å². The highest BCUT2D eigenvalue weighted by Gasteiger charge is 2.29. The fourth-order valence-corrected chi connectivity index (χ4v) is 2.68. The van der Waals surface area contributed by atoms with Gasteiger partial charge in [-0.1, -0.05) is 32.9 Å². The molecule has 1 aliphatic rings. The quantitative estimate of drug-likeness (QED) is 0.695. The van der Waals surface area contributed by atoms with Crippen LogP contribution in [0.15, 0.2) is 42.5 Å². The van der Waals surface area contributed by atoms with Crippen molar-refractivity contribution in [3.63, 3.8) is 0 Å². The van der Waals surface area contributed by atoms with Crippen molar-refractivity contribution in [1.82, 2.24) is 0 Å². The average molecular weight is 393 g/mol. The molecule has 1 aliphatic carbocycles. The van der Waals surface area contributed by atoms with Gasteiger partial charge in [-0.2, -0.15) is 0 Å². The molecule has 152 valence electrons. The van der Waals surface area contributed by atoms with Crippen molar-refractivity contribution in [2.45, 2.75) is 40.5 Å². The van der Waals surface area contributed by atoms with Crippen molar-refractivity contribution < 1.29 is 14.4 Å². The summed E-state index contributed by atoms with van der Waals surface area (Å²) in [5.41, 5.74) is 2.66. The molecule has 2 aromatic carbocycles. The summed E-state index contributed by atoms with van der Waals surface area (Å²) in [6.45, 7) is 7.38. The molecule has 0 radical (unpaired) electrons. The molecular formula is C23H27N3O3. The summed E-state index contributed by atoms with van der Waals surface area (Å²) in [4.78, 5) is 36.9. The predicted octanol–water partition coefficient (Wildman–Crippen LogP) is 4.58. The van der Waals surface area contributed by atoms with Crippen LogP contribution >= 0.6 is 0 Å². The number of nitrogens with one attached hydrogen (secondary N) is 3. The molecule has 0 saturated heterocycles. The van der Waals surface area contributed by atoms with Crippen molar-refractivity contribution in [3.05, 3.63) is 53.6 Å². The van der Waals surface area contributed by atoms with Crippen LogP contribution in [-0.4, -0.2) is 17.7 Å². The average Bonchev–Trinajstić information content (AvgIpc) is 3.49. The first kappa shape index (κ1) is 20.6. The van der Waals surface area contributed by atoms with Gasteiger partial charge in [-0.3, -0.25) is 14.4 Å². The second-order valence-corrected chi connectivity index (χ2v) is 8.53. The number of hydrogen-bond acceptors (Lipinski definition) is 3. The third-order valence-corrected chi connectivity index (χ3v) is 4.77. The van der Waals surface area contributed by atoms with Crippen LogP contribution in [0.5, 0.6) is 0 Å². The lowest BCUT2D eigenvalue weighted by Gasteiger charge is -2.18. The lowest BCUT2D eigenvalue weighted by Crippen LogP contribution is -2.27. The molecule has 3 rings (SSSR count). The van der Waals surface area contributed by atoms with Crippen LogP contribution in [0, 0.1) is 18.3 Å². The van der Waals surface area contributed by atoms with Crippen LogP contribution in [0.3, 0.4) is 0 Å². The Balaban J connectivity index is 1.72. The summed E-state index contributed by atoms with van der Waals surface area (Å²) in [6, 6.07) is 12.3. The van der Waals surface area contributed by atoms with Crippen LogP contribution in [0.4, 0.5) is 17.1 Å². The third kappa shape index (κ3) is 5.44. The van der Waals surface area contributed by atoms with E-state index in [-0.39, 0.29) is 23.6 Å². The zero-order valence-electron chi connectivity index (χ0n) is 17.3. The van der Waals surface area contributed by atoms with Gasteiger partial charge in [0, 0.05) is 34.0 Å². The molecule has 0 aromatic heterocycles. The summed E-state index contributed by atoms with van der Waals surface area (Å²) in [6.07, 6.45) is 1.87. The molecule has 0 bridgehead atoms. The Kier molecular flexibility index (Phi) is 5.73. The maximum Gasteiger partial charge on any atom is 0.255 e. The summed E-state index contributed by atoms with van der Waals surface area (Å²) in [5, 5.41) is 8.62. The highest BCUT2D eigenvalue weighted by Crippen LogP contribution is 2.31. The molecule has 0 aliphatic heterocycles. The van der Waals surface area contributed by atoms with Crippen molar-refractivity contribution in [3.8, 4) is 0 Å². The minimum absolute atomic E-state index is 0.0217. The van der Waals surface area contributed by atoms with Gasteiger partial charge in [-0.05, 0) is 55.7 Å². The van der Waals surface area contributed by atoms with E-state index in [1.807, 2.05) is 39.8 Å². The van der Waals surface area contributed by atoms with E-state index < -0.39 is 5.41 Å². The Morgan fingerprint density at radius 3 is 2.24 bits per heavy atom. The van der Waals surface area contributed by atoms with E-state index in [0.717, 1.165) is 18.4 Å². The maximum absolute atomic E-state index is 12.7. The van der Waals surface area contributed by atoms with Gasteiger partial charge in [0.25, 0.3) is 5.91 Å². The number of hydrogen-bond donors (Lipinski definition) is 3. The summed E-state index contributed by atoms with van der Waals surface area (Å²) < 4.78 is 0. The number of benzene rings is 2.